The zero-order chi connectivity index (χ0) is 9.26. The molecule has 2 aliphatic heterocycles. The third-order valence-electron chi connectivity index (χ3n) is 3.22. The van der Waals surface area contributed by atoms with Gasteiger partial charge in [0.2, 0.25) is 0 Å². The van der Waals surface area contributed by atoms with Crippen LogP contribution in [0.25, 0.3) is 0 Å². The van der Waals surface area contributed by atoms with Crippen molar-refractivity contribution < 1.29 is 0 Å². The molecule has 2 atom stereocenters. The van der Waals surface area contributed by atoms with Crippen molar-refractivity contribution in [3.8, 4) is 0 Å². The van der Waals surface area contributed by atoms with Crippen molar-refractivity contribution in [1.82, 2.24) is 10.2 Å². The Hall–Kier alpha value is -0.340. The highest BCUT2D eigenvalue weighted by atomic mass is 15.2. The Labute approximate surface area is 81.0 Å². The topological polar surface area (TPSA) is 15.3 Å². The van der Waals surface area contributed by atoms with Crippen LogP contribution >= 0.6 is 0 Å². The van der Waals surface area contributed by atoms with Crippen molar-refractivity contribution in [2.75, 3.05) is 32.7 Å². The zero-order valence-electron chi connectivity index (χ0n) is 8.71. The molecule has 2 nitrogen and oxygen atoms in total. The van der Waals surface area contributed by atoms with E-state index in [1.165, 1.54) is 31.8 Å². The average Bonchev–Trinajstić information content (AvgIpc) is 2.58. The summed E-state index contributed by atoms with van der Waals surface area (Å²) in [6.07, 6.45) is 2.34. The third kappa shape index (κ3) is 2.12. The fourth-order valence-corrected chi connectivity index (χ4v) is 2.41. The molecule has 2 heterocycles. The fourth-order valence-electron chi connectivity index (χ4n) is 2.41. The first-order chi connectivity index (χ1) is 6.25. The summed E-state index contributed by atoms with van der Waals surface area (Å²) in [5.41, 5.74) is 1.44. The molecule has 0 spiro atoms. The van der Waals surface area contributed by atoms with E-state index in [9.17, 15) is 0 Å². The SMILES string of the molecule is CC(C)=CCN1C[C@H]2CNC[C@H]2C1. The molecule has 0 unspecified atom stereocenters. The van der Waals surface area contributed by atoms with Crippen LogP contribution in [0.4, 0.5) is 0 Å². The van der Waals surface area contributed by atoms with Gasteiger partial charge in [-0.15, -0.1) is 0 Å². The Kier molecular flexibility index (Phi) is 2.70. The highest BCUT2D eigenvalue weighted by Gasteiger charge is 2.35. The number of nitrogens with one attached hydrogen (secondary N) is 1. The molecule has 2 aliphatic rings. The second kappa shape index (κ2) is 3.81. The first-order valence-electron chi connectivity index (χ1n) is 5.32. The maximum absolute atomic E-state index is 3.47. The van der Waals surface area contributed by atoms with Crippen LogP contribution in [0.2, 0.25) is 0 Å². The summed E-state index contributed by atoms with van der Waals surface area (Å²) in [4.78, 5) is 2.59. The summed E-state index contributed by atoms with van der Waals surface area (Å²) < 4.78 is 0. The van der Waals surface area contributed by atoms with E-state index in [1.807, 2.05) is 0 Å². The second-order valence-electron chi connectivity index (χ2n) is 4.68. The van der Waals surface area contributed by atoms with Crippen LogP contribution in [0.3, 0.4) is 0 Å². The standard InChI is InChI=1S/C11H20N2/c1-9(2)3-4-13-7-10-5-12-6-11(10)8-13/h3,10-12H,4-8H2,1-2H3/t10-,11+. The minimum Gasteiger partial charge on any atom is -0.316 e. The number of likely N-dealkylation sites (tertiary alicyclic amines) is 1. The molecule has 0 aromatic rings. The first kappa shape index (κ1) is 9.22. The van der Waals surface area contributed by atoms with Gasteiger partial charge < -0.3 is 5.32 Å². The molecule has 0 radical (unpaired) electrons. The van der Waals surface area contributed by atoms with Crippen molar-refractivity contribution in [3.63, 3.8) is 0 Å². The Morgan fingerprint density at radius 3 is 2.46 bits per heavy atom. The van der Waals surface area contributed by atoms with Gasteiger partial charge in [-0.2, -0.15) is 0 Å². The number of allylic oxidation sites excluding steroid dienone is 1. The van der Waals surface area contributed by atoms with Crippen molar-refractivity contribution in [2.24, 2.45) is 11.8 Å². The zero-order valence-corrected chi connectivity index (χ0v) is 8.71. The molecule has 0 aromatic carbocycles. The van der Waals surface area contributed by atoms with Crippen molar-refractivity contribution >= 4 is 0 Å². The quantitative estimate of drug-likeness (QED) is 0.640. The number of hydrogen-bond acceptors (Lipinski definition) is 2. The van der Waals surface area contributed by atoms with Gasteiger partial charge in [0, 0.05) is 19.6 Å². The number of rotatable bonds is 2. The predicted octanol–water partition coefficient (Wildman–Crippen LogP) is 1.10. The lowest BCUT2D eigenvalue weighted by atomic mass is 10.0. The minimum absolute atomic E-state index is 0.936. The van der Waals surface area contributed by atoms with Crippen LogP contribution in [-0.2, 0) is 0 Å². The molecule has 0 aromatic heterocycles. The molecule has 0 aliphatic carbocycles. The summed E-state index contributed by atoms with van der Waals surface area (Å²) in [6, 6.07) is 0. The molecule has 0 amide bonds. The highest BCUT2D eigenvalue weighted by molar-refractivity contribution is 4.98. The Morgan fingerprint density at radius 2 is 1.92 bits per heavy atom. The summed E-state index contributed by atoms with van der Waals surface area (Å²) in [6.45, 7) is 10.6. The van der Waals surface area contributed by atoms with Crippen LogP contribution in [0.5, 0.6) is 0 Å². The maximum atomic E-state index is 3.47. The van der Waals surface area contributed by atoms with Gasteiger partial charge in [0.15, 0.2) is 0 Å². The first-order valence-corrected chi connectivity index (χ1v) is 5.32. The van der Waals surface area contributed by atoms with Gasteiger partial charge in [0.1, 0.15) is 0 Å². The predicted molar refractivity (Wildman–Crippen MR) is 55.7 cm³/mol. The van der Waals surface area contributed by atoms with Gasteiger partial charge in [0.25, 0.3) is 0 Å². The van der Waals surface area contributed by atoms with Gasteiger partial charge in [0.05, 0.1) is 0 Å². The van der Waals surface area contributed by atoms with Gasteiger partial charge in [-0.05, 0) is 38.8 Å². The lowest BCUT2D eigenvalue weighted by Gasteiger charge is -2.14. The maximum Gasteiger partial charge on any atom is 0.0165 e. The molecular weight excluding hydrogens is 160 g/mol. The monoisotopic (exact) mass is 180 g/mol. The van der Waals surface area contributed by atoms with Crippen molar-refractivity contribution in [2.45, 2.75) is 13.8 Å². The molecule has 2 saturated heterocycles. The largest absolute Gasteiger partial charge is 0.316 e. The molecule has 2 rings (SSSR count). The van der Waals surface area contributed by atoms with Crippen LogP contribution in [0, 0.1) is 11.8 Å². The Morgan fingerprint density at radius 1 is 1.31 bits per heavy atom. The number of fused-ring (bicyclic) bond motifs is 1. The normalized spacial score (nSPS) is 33.4. The van der Waals surface area contributed by atoms with E-state index in [2.05, 4.69) is 30.1 Å². The molecule has 74 valence electrons. The number of hydrogen-bond donors (Lipinski definition) is 1. The average molecular weight is 180 g/mol. The van der Waals surface area contributed by atoms with E-state index in [0.717, 1.165) is 18.4 Å². The minimum atomic E-state index is 0.936. The van der Waals surface area contributed by atoms with Crippen LogP contribution in [-0.4, -0.2) is 37.6 Å². The van der Waals surface area contributed by atoms with Gasteiger partial charge in [-0.3, -0.25) is 4.90 Å². The van der Waals surface area contributed by atoms with Gasteiger partial charge >= 0.3 is 0 Å². The molecule has 0 saturated carbocycles. The van der Waals surface area contributed by atoms with Gasteiger partial charge in [-0.1, -0.05) is 11.6 Å². The Bertz CT molecular complexity index is 194. The van der Waals surface area contributed by atoms with Crippen molar-refractivity contribution in [3.05, 3.63) is 11.6 Å². The fraction of sp³-hybridized carbons (Fsp3) is 0.818. The van der Waals surface area contributed by atoms with E-state index < -0.39 is 0 Å². The van der Waals surface area contributed by atoms with Crippen LogP contribution < -0.4 is 5.32 Å². The number of nitrogens with zero attached hydrogens (tertiary/aromatic N) is 1. The summed E-state index contributed by atoms with van der Waals surface area (Å²) in [5.74, 6) is 1.87. The van der Waals surface area contributed by atoms with Crippen LogP contribution in [0.1, 0.15) is 13.8 Å². The summed E-state index contributed by atoms with van der Waals surface area (Å²) in [7, 11) is 0. The summed E-state index contributed by atoms with van der Waals surface area (Å²) >= 11 is 0. The van der Waals surface area contributed by atoms with E-state index in [1.54, 1.807) is 0 Å². The lowest BCUT2D eigenvalue weighted by molar-refractivity contribution is 0.346. The lowest BCUT2D eigenvalue weighted by Crippen LogP contribution is -2.25. The molecule has 2 fully saturated rings. The van der Waals surface area contributed by atoms with E-state index in [-0.39, 0.29) is 0 Å². The van der Waals surface area contributed by atoms with E-state index >= 15 is 0 Å². The summed E-state index contributed by atoms with van der Waals surface area (Å²) in [5, 5.41) is 3.47. The molecular formula is C11H20N2. The smallest absolute Gasteiger partial charge is 0.0165 e. The van der Waals surface area contributed by atoms with E-state index in [4.69, 9.17) is 0 Å². The van der Waals surface area contributed by atoms with Crippen molar-refractivity contribution in [1.29, 1.82) is 0 Å². The molecule has 1 N–H and O–H groups in total. The molecule has 0 bridgehead atoms. The second-order valence-corrected chi connectivity index (χ2v) is 4.68. The Balaban J connectivity index is 1.82. The molecule has 2 heteroatoms. The molecule has 13 heavy (non-hydrogen) atoms. The van der Waals surface area contributed by atoms with E-state index in [0.29, 0.717) is 0 Å². The van der Waals surface area contributed by atoms with Crippen LogP contribution in [0.15, 0.2) is 11.6 Å². The third-order valence-corrected chi connectivity index (χ3v) is 3.22. The highest BCUT2D eigenvalue weighted by Crippen LogP contribution is 2.25. The van der Waals surface area contributed by atoms with Gasteiger partial charge in [-0.25, -0.2) is 0 Å².